The Balaban J connectivity index is 1.82. The molecule has 0 unspecified atom stereocenters. The average Bonchev–Trinajstić information content (AvgIpc) is 3.02. The van der Waals surface area contributed by atoms with E-state index >= 15 is 0 Å². The SMILES string of the molecule is NS(=O)(=O)c1ccccc1NC1(CSc2ccccc2)CCCC1. The van der Waals surface area contributed by atoms with Gasteiger partial charge in [-0.3, -0.25) is 0 Å². The smallest absolute Gasteiger partial charge is 0.240 e. The molecule has 128 valence electrons. The molecule has 1 saturated carbocycles. The highest BCUT2D eigenvalue weighted by atomic mass is 32.2. The first-order chi connectivity index (χ1) is 11.5. The second-order valence-electron chi connectivity index (χ2n) is 6.26. The van der Waals surface area contributed by atoms with Gasteiger partial charge in [-0.1, -0.05) is 43.2 Å². The van der Waals surface area contributed by atoms with Gasteiger partial charge < -0.3 is 5.32 Å². The summed E-state index contributed by atoms with van der Waals surface area (Å²) in [5, 5.41) is 8.89. The number of nitrogens with two attached hydrogens (primary N) is 1. The first-order valence-corrected chi connectivity index (χ1v) is 10.6. The van der Waals surface area contributed by atoms with Crippen LogP contribution in [0.25, 0.3) is 0 Å². The molecule has 0 radical (unpaired) electrons. The average molecular weight is 363 g/mol. The molecule has 2 aromatic rings. The van der Waals surface area contributed by atoms with Crippen LogP contribution in [-0.4, -0.2) is 19.7 Å². The van der Waals surface area contributed by atoms with Crippen LogP contribution in [-0.2, 0) is 10.0 Å². The molecule has 0 aliphatic heterocycles. The molecular formula is C18H22N2O2S2. The fourth-order valence-electron chi connectivity index (χ4n) is 3.20. The van der Waals surface area contributed by atoms with Crippen molar-refractivity contribution in [3.05, 3.63) is 54.6 Å². The Kier molecular flexibility index (Phi) is 5.18. The Labute approximate surface area is 147 Å². The maximum Gasteiger partial charge on any atom is 0.240 e. The Morgan fingerprint density at radius 3 is 2.29 bits per heavy atom. The monoisotopic (exact) mass is 362 g/mol. The van der Waals surface area contributed by atoms with E-state index in [1.54, 1.807) is 30.0 Å². The molecule has 3 rings (SSSR count). The number of nitrogens with one attached hydrogen (secondary N) is 1. The second kappa shape index (κ2) is 7.17. The van der Waals surface area contributed by atoms with Crippen LogP contribution >= 0.6 is 11.8 Å². The number of para-hydroxylation sites is 1. The van der Waals surface area contributed by atoms with Crippen molar-refractivity contribution >= 4 is 27.5 Å². The van der Waals surface area contributed by atoms with Crippen molar-refractivity contribution in [1.82, 2.24) is 0 Å². The van der Waals surface area contributed by atoms with E-state index in [1.165, 1.54) is 4.90 Å². The van der Waals surface area contributed by atoms with Gasteiger partial charge in [0.25, 0.3) is 0 Å². The number of hydrogen-bond acceptors (Lipinski definition) is 4. The summed E-state index contributed by atoms with van der Waals surface area (Å²) in [4.78, 5) is 1.39. The highest BCUT2D eigenvalue weighted by molar-refractivity contribution is 7.99. The summed E-state index contributed by atoms with van der Waals surface area (Å²) in [6.45, 7) is 0. The van der Waals surface area contributed by atoms with E-state index in [9.17, 15) is 8.42 Å². The Morgan fingerprint density at radius 2 is 1.62 bits per heavy atom. The molecule has 6 heteroatoms. The van der Waals surface area contributed by atoms with Crippen LogP contribution in [0.2, 0.25) is 0 Å². The predicted molar refractivity (Wildman–Crippen MR) is 99.8 cm³/mol. The van der Waals surface area contributed by atoms with Crippen LogP contribution in [0, 0.1) is 0 Å². The normalized spacial score (nSPS) is 16.9. The Morgan fingerprint density at radius 1 is 1.00 bits per heavy atom. The Bertz CT molecular complexity index is 786. The third-order valence-corrected chi connectivity index (χ3v) is 6.68. The van der Waals surface area contributed by atoms with Gasteiger partial charge in [-0.15, -0.1) is 11.8 Å². The molecule has 0 bridgehead atoms. The number of benzene rings is 2. The van der Waals surface area contributed by atoms with Crippen molar-refractivity contribution in [2.45, 2.75) is 41.0 Å². The summed E-state index contributed by atoms with van der Waals surface area (Å²) in [5.41, 5.74) is 0.511. The van der Waals surface area contributed by atoms with Crippen LogP contribution in [0.15, 0.2) is 64.4 Å². The van der Waals surface area contributed by atoms with E-state index < -0.39 is 10.0 Å². The summed E-state index contributed by atoms with van der Waals surface area (Å²) < 4.78 is 23.7. The molecular weight excluding hydrogens is 340 g/mol. The van der Waals surface area contributed by atoms with Gasteiger partial charge in [0, 0.05) is 16.2 Å². The van der Waals surface area contributed by atoms with Crippen LogP contribution in [0.4, 0.5) is 5.69 Å². The van der Waals surface area contributed by atoms with Crippen LogP contribution in [0.1, 0.15) is 25.7 Å². The first-order valence-electron chi connectivity index (χ1n) is 8.06. The van der Waals surface area contributed by atoms with Gasteiger partial charge in [-0.2, -0.15) is 0 Å². The number of thioether (sulfide) groups is 1. The first kappa shape index (κ1) is 17.3. The zero-order valence-electron chi connectivity index (χ0n) is 13.4. The van der Waals surface area contributed by atoms with E-state index in [0.717, 1.165) is 31.4 Å². The van der Waals surface area contributed by atoms with Crippen molar-refractivity contribution < 1.29 is 8.42 Å². The maximum atomic E-state index is 11.8. The van der Waals surface area contributed by atoms with Gasteiger partial charge in [0.05, 0.1) is 5.69 Å². The number of rotatable bonds is 6. The number of primary sulfonamides is 1. The van der Waals surface area contributed by atoms with E-state index in [0.29, 0.717) is 5.69 Å². The van der Waals surface area contributed by atoms with Crippen LogP contribution in [0.5, 0.6) is 0 Å². The number of anilines is 1. The maximum absolute atomic E-state index is 11.8. The van der Waals surface area contributed by atoms with Gasteiger partial charge in [0.2, 0.25) is 10.0 Å². The number of sulfonamides is 1. The van der Waals surface area contributed by atoms with E-state index in [4.69, 9.17) is 5.14 Å². The molecule has 2 aromatic carbocycles. The standard InChI is InChI=1S/C18H22N2O2S2/c19-24(21,22)17-11-5-4-10-16(17)20-18(12-6-7-13-18)14-23-15-8-2-1-3-9-15/h1-5,8-11,20H,6-7,12-14H2,(H2,19,21,22). The van der Waals surface area contributed by atoms with Crippen molar-refractivity contribution in [3.8, 4) is 0 Å². The van der Waals surface area contributed by atoms with E-state index in [2.05, 4.69) is 17.4 Å². The molecule has 1 aliphatic rings. The highest BCUT2D eigenvalue weighted by Gasteiger charge is 2.34. The summed E-state index contributed by atoms with van der Waals surface area (Å²) in [5.74, 6) is 0.899. The minimum absolute atomic E-state index is 0.0959. The van der Waals surface area contributed by atoms with Gasteiger partial charge in [-0.25, -0.2) is 13.6 Å². The lowest BCUT2D eigenvalue weighted by Crippen LogP contribution is -2.38. The third-order valence-electron chi connectivity index (χ3n) is 4.41. The summed E-state index contributed by atoms with van der Waals surface area (Å²) >= 11 is 1.81. The van der Waals surface area contributed by atoms with Crippen molar-refractivity contribution in [2.24, 2.45) is 5.14 Å². The molecule has 0 aromatic heterocycles. The molecule has 4 nitrogen and oxygen atoms in total. The van der Waals surface area contributed by atoms with Gasteiger partial charge in [0.15, 0.2) is 0 Å². The summed E-state index contributed by atoms with van der Waals surface area (Å²) in [7, 11) is -3.74. The lowest BCUT2D eigenvalue weighted by atomic mass is 10.00. The molecule has 0 heterocycles. The Hall–Kier alpha value is -1.50. The third kappa shape index (κ3) is 4.12. The van der Waals surface area contributed by atoms with Crippen molar-refractivity contribution in [1.29, 1.82) is 0 Å². The lowest BCUT2D eigenvalue weighted by Gasteiger charge is -2.32. The number of hydrogen-bond donors (Lipinski definition) is 2. The van der Waals surface area contributed by atoms with Crippen molar-refractivity contribution in [3.63, 3.8) is 0 Å². The quantitative estimate of drug-likeness (QED) is 0.766. The molecule has 24 heavy (non-hydrogen) atoms. The van der Waals surface area contributed by atoms with Crippen LogP contribution < -0.4 is 10.5 Å². The van der Waals surface area contributed by atoms with Crippen LogP contribution in [0.3, 0.4) is 0 Å². The zero-order valence-corrected chi connectivity index (χ0v) is 15.1. The molecule has 0 spiro atoms. The molecule has 3 N–H and O–H groups in total. The largest absolute Gasteiger partial charge is 0.378 e. The summed E-state index contributed by atoms with van der Waals surface area (Å²) in [6.07, 6.45) is 4.37. The van der Waals surface area contributed by atoms with E-state index in [-0.39, 0.29) is 10.4 Å². The molecule has 0 atom stereocenters. The zero-order chi connectivity index (χ0) is 17.0. The second-order valence-corrected chi connectivity index (χ2v) is 8.83. The molecule has 0 saturated heterocycles. The van der Waals surface area contributed by atoms with E-state index in [1.807, 2.05) is 24.3 Å². The summed E-state index contributed by atoms with van der Waals surface area (Å²) in [6, 6.07) is 17.2. The highest BCUT2D eigenvalue weighted by Crippen LogP contribution is 2.38. The fraction of sp³-hybridized carbons (Fsp3) is 0.333. The van der Waals surface area contributed by atoms with Gasteiger partial charge in [0.1, 0.15) is 4.90 Å². The molecule has 1 fully saturated rings. The minimum atomic E-state index is -3.74. The topological polar surface area (TPSA) is 72.2 Å². The van der Waals surface area contributed by atoms with Gasteiger partial charge in [-0.05, 0) is 37.1 Å². The fourth-order valence-corrected chi connectivity index (χ4v) is 5.05. The molecule has 1 aliphatic carbocycles. The minimum Gasteiger partial charge on any atom is -0.378 e. The predicted octanol–water partition coefficient (Wildman–Crippen LogP) is 3.85. The van der Waals surface area contributed by atoms with Gasteiger partial charge >= 0.3 is 0 Å². The van der Waals surface area contributed by atoms with Crippen molar-refractivity contribution in [2.75, 3.05) is 11.1 Å². The molecule has 0 amide bonds. The lowest BCUT2D eigenvalue weighted by molar-refractivity contribution is 0.541.